The van der Waals surface area contributed by atoms with Crippen molar-refractivity contribution in [1.82, 2.24) is 19.7 Å². The fraction of sp³-hybridized carbons (Fsp3) is 0.200. The summed E-state index contributed by atoms with van der Waals surface area (Å²) in [6, 6.07) is 0. The van der Waals surface area contributed by atoms with Crippen molar-refractivity contribution >= 4 is 21.7 Å². The van der Waals surface area contributed by atoms with Crippen molar-refractivity contribution < 1.29 is 4.79 Å². The lowest BCUT2D eigenvalue weighted by molar-refractivity contribution is 0.102. The maximum Gasteiger partial charge on any atom is 0.215 e. The molecule has 82 valence electrons. The van der Waals surface area contributed by atoms with Crippen molar-refractivity contribution in [2.75, 3.05) is 0 Å². The highest BCUT2D eigenvalue weighted by Gasteiger charge is 2.18. The fourth-order valence-corrected chi connectivity index (χ4v) is 1.86. The van der Waals surface area contributed by atoms with Crippen molar-refractivity contribution in [3.63, 3.8) is 0 Å². The SMILES string of the molecule is CCn1ncc(Br)c1C(=O)c1cncnc1. The molecule has 0 aliphatic heterocycles. The molecule has 2 rings (SSSR count). The van der Waals surface area contributed by atoms with Crippen LogP contribution >= 0.6 is 15.9 Å². The van der Waals surface area contributed by atoms with Gasteiger partial charge < -0.3 is 0 Å². The van der Waals surface area contributed by atoms with Gasteiger partial charge in [-0.05, 0) is 22.9 Å². The van der Waals surface area contributed by atoms with Crippen molar-refractivity contribution in [2.45, 2.75) is 13.5 Å². The number of nitrogens with zero attached hydrogens (tertiary/aromatic N) is 4. The predicted molar refractivity (Wildman–Crippen MR) is 61.1 cm³/mol. The molecule has 0 aliphatic rings. The summed E-state index contributed by atoms with van der Waals surface area (Å²) in [7, 11) is 0. The van der Waals surface area contributed by atoms with Crippen molar-refractivity contribution in [2.24, 2.45) is 0 Å². The summed E-state index contributed by atoms with van der Waals surface area (Å²) in [4.78, 5) is 19.8. The van der Waals surface area contributed by atoms with E-state index >= 15 is 0 Å². The maximum absolute atomic E-state index is 12.1. The number of aryl methyl sites for hydroxylation is 1. The Kier molecular flexibility index (Phi) is 3.09. The molecule has 0 unspecified atom stereocenters. The fourth-order valence-electron chi connectivity index (χ4n) is 1.38. The van der Waals surface area contributed by atoms with Crippen molar-refractivity contribution in [1.29, 1.82) is 0 Å². The van der Waals surface area contributed by atoms with Gasteiger partial charge in [0.1, 0.15) is 12.0 Å². The van der Waals surface area contributed by atoms with Crippen LogP contribution < -0.4 is 0 Å². The number of carbonyl (C=O) groups excluding carboxylic acids is 1. The van der Waals surface area contributed by atoms with E-state index in [1.807, 2.05) is 6.92 Å². The van der Waals surface area contributed by atoms with Crippen LogP contribution in [0.5, 0.6) is 0 Å². The summed E-state index contributed by atoms with van der Waals surface area (Å²) in [5.41, 5.74) is 0.982. The van der Waals surface area contributed by atoms with Crippen molar-refractivity contribution in [3.8, 4) is 0 Å². The molecule has 0 fully saturated rings. The largest absolute Gasteiger partial charge is 0.287 e. The number of aromatic nitrogens is 4. The van der Waals surface area contributed by atoms with Crippen LogP contribution in [0.15, 0.2) is 29.4 Å². The average Bonchev–Trinajstić information content (AvgIpc) is 2.70. The molecule has 2 aromatic heterocycles. The quantitative estimate of drug-likeness (QED) is 0.803. The van der Waals surface area contributed by atoms with Crippen LogP contribution in [-0.2, 0) is 6.54 Å². The second-order valence-corrected chi connectivity index (χ2v) is 3.97. The first kappa shape index (κ1) is 10.9. The molecule has 0 N–H and O–H groups in total. The van der Waals surface area contributed by atoms with Gasteiger partial charge in [0.15, 0.2) is 0 Å². The third-order valence-electron chi connectivity index (χ3n) is 2.13. The van der Waals surface area contributed by atoms with Gasteiger partial charge in [-0.1, -0.05) is 0 Å². The zero-order valence-corrected chi connectivity index (χ0v) is 10.2. The Bertz CT molecular complexity index is 509. The molecular weight excluding hydrogens is 272 g/mol. The lowest BCUT2D eigenvalue weighted by Crippen LogP contribution is -2.11. The van der Waals surface area contributed by atoms with Crippen LogP contribution in [0.4, 0.5) is 0 Å². The first-order valence-electron chi connectivity index (χ1n) is 4.75. The van der Waals surface area contributed by atoms with E-state index < -0.39 is 0 Å². The number of carbonyl (C=O) groups is 1. The smallest absolute Gasteiger partial charge is 0.215 e. The van der Waals surface area contributed by atoms with Gasteiger partial charge in [-0.15, -0.1) is 0 Å². The Morgan fingerprint density at radius 1 is 1.38 bits per heavy atom. The van der Waals surface area contributed by atoms with Crippen LogP contribution in [0.25, 0.3) is 0 Å². The minimum Gasteiger partial charge on any atom is -0.287 e. The Labute approximate surface area is 101 Å². The van der Waals surface area contributed by atoms with Gasteiger partial charge in [0.05, 0.1) is 16.2 Å². The molecule has 0 atom stereocenters. The molecular formula is C10H9BrN4O. The Morgan fingerprint density at radius 3 is 2.69 bits per heavy atom. The van der Waals surface area contributed by atoms with E-state index in [-0.39, 0.29) is 5.78 Å². The third kappa shape index (κ3) is 1.88. The molecule has 0 spiro atoms. The topological polar surface area (TPSA) is 60.7 Å². The minimum atomic E-state index is -0.133. The van der Waals surface area contributed by atoms with Gasteiger partial charge >= 0.3 is 0 Å². The zero-order valence-electron chi connectivity index (χ0n) is 8.59. The van der Waals surface area contributed by atoms with Crippen LogP contribution in [0.1, 0.15) is 23.0 Å². The number of hydrogen-bond acceptors (Lipinski definition) is 4. The van der Waals surface area contributed by atoms with E-state index in [9.17, 15) is 4.79 Å². The molecule has 16 heavy (non-hydrogen) atoms. The van der Waals surface area contributed by atoms with Gasteiger partial charge in [0, 0.05) is 18.9 Å². The molecule has 0 amide bonds. The van der Waals surface area contributed by atoms with Crippen LogP contribution in [-0.4, -0.2) is 25.5 Å². The molecule has 0 radical (unpaired) electrons. The van der Waals surface area contributed by atoms with Crippen molar-refractivity contribution in [3.05, 3.63) is 40.6 Å². The molecule has 0 aromatic carbocycles. The van der Waals surface area contributed by atoms with Crippen LogP contribution in [0, 0.1) is 0 Å². The summed E-state index contributed by atoms with van der Waals surface area (Å²) in [6.07, 6.45) is 5.99. The highest BCUT2D eigenvalue weighted by Crippen LogP contribution is 2.19. The first-order valence-corrected chi connectivity index (χ1v) is 5.54. The summed E-state index contributed by atoms with van der Waals surface area (Å²) in [6.45, 7) is 2.57. The molecule has 2 aromatic rings. The first-order chi connectivity index (χ1) is 7.74. The lowest BCUT2D eigenvalue weighted by atomic mass is 10.1. The van der Waals surface area contributed by atoms with E-state index in [1.54, 1.807) is 10.9 Å². The highest BCUT2D eigenvalue weighted by molar-refractivity contribution is 9.10. The molecule has 0 bridgehead atoms. The highest BCUT2D eigenvalue weighted by atomic mass is 79.9. The summed E-state index contributed by atoms with van der Waals surface area (Å²) in [5.74, 6) is -0.133. The molecule has 6 heteroatoms. The van der Waals surface area contributed by atoms with E-state index in [1.165, 1.54) is 18.7 Å². The Hall–Kier alpha value is -1.56. The molecule has 2 heterocycles. The molecule has 5 nitrogen and oxygen atoms in total. The van der Waals surface area contributed by atoms with Gasteiger partial charge in [-0.2, -0.15) is 5.10 Å². The van der Waals surface area contributed by atoms with E-state index in [0.29, 0.717) is 22.3 Å². The minimum absolute atomic E-state index is 0.133. The molecule has 0 saturated carbocycles. The van der Waals surface area contributed by atoms with Crippen LogP contribution in [0.2, 0.25) is 0 Å². The number of ketones is 1. The third-order valence-corrected chi connectivity index (χ3v) is 2.71. The Balaban J connectivity index is 2.45. The average molecular weight is 281 g/mol. The van der Waals surface area contributed by atoms with Gasteiger partial charge in [-0.25, -0.2) is 9.97 Å². The molecule has 0 saturated heterocycles. The van der Waals surface area contributed by atoms with Gasteiger partial charge in [0.25, 0.3) is 0 Å². The lowest BCUT2D eigenvalue weighted by Gasteiger charge is -2.03. The number of halogens is 1. The predicted octanol–water partition coefficient (Wildman–Crippen LogP) is 1.69. The maximum atomic E-state index is 12.1. The summed E-state index contributed by atoms with van der Waals surface area (Å²) in [5, 5.41) is 4.09. The summed E-state index contributed by atoms with van der Waals surface area (Å²) < 4.78 is 2.32. The van der Waals surface area contributed by atoms with E-state index in [4.69, 9.17) is 0 Å². The number of rotatable bonds is 3. The standard InChI is InChI=1S/C10H9BrN4O/c1-2-15-9(8(11)5-14-15)10(16)7-3-12-6-13-4-7/h3-6H,2H2,1H3. The van der Waals surface area contributed by atoms with E-state index in [0.717, 1.165) is 0 Å². The van der Waals surface area contributed by atoms with Gasteiger partial charge in [0.2, 0.25) is 5.78 Å². The van der Waals surface area contributed by atoms with E-state index in [2.05, 4.69) is 31.0 Å². The second kappa shape index (κ2) is 4.52. The Morgan fingerprint density at radius 2 is 2.06 bits per heavy atom. The van der Waals surface area contributed by atoms with Gasteiger partial charge in [-0.3, -0.25) is 9.48 Å². The summed E-state index contributed by atoms with van der Waals surface area (Å²) >= 11 is 3.31. The molecule has 0 aliphatic carbocycles. The monoisotopic (exact) mass is 280 g/mol. The zero-order chi connectivity index (χ0) is 11.5. The second-order valence-electron chi connectivity index (χ2n) is 3.11. The number of hydrogen-bond donors (Lipinski definition) is 0. The normalized spacial score (nSPS) is 10.4. The van der Waals surface area contributed by atoms with Crippen LogP contribution in [0.3, 0.4) is 0 Å².